The minimum Gasteiger partial charge on any atom is -0.343 e. The molecule has 1 saturated heterocycles. The van der Waals surface area contributed by atoms with Gasteiger partial charge in [0, 0.05) is 19.5 Å². The van der Waals surface area contributed by atoms with Crippen molar-refractivity contribution in [2.45, 2.75) is 122 Å². The summed E-state index contributed by atoms with van der Waals surface area (Å²) in [5.74, 6) is 0.245. The molecule has 0 bridgehead atoms. The molecule has 1 heterocycles. The number of carbonyl (C=O) groups is 1. The number of unbranched alkanes of at least 4 members (excludes halogenated alkanes) is 9. The largest absolute Gasteiger partial charge is 0.343 e. The zero-order chi connectivity index (χ0) is 25.5. The first-order valence-corrected chi connectivity index (χ1v) is 16.7. The third-order valence-corrected chi connectivity index (χ3v) is 7.39. The number of carbonyl (C=O) groups excluding carboxylic acids is 1. The van der Waals surface area contributed by atoms with Gasteiger partial charge >= 0.3 is 0 Å². The molecule has 10 heteroatoms. The normalized spacial score (nSPS) is 16.6. The molecule has 1 fully saturated rings. The van der Waals surface area contributed by atoms with Crippen LogP contribution in [0.4, 0.5) is 0 Å². The molecule has 0 aromatic heterocycles. The van der Waals surface area contributed by atoms with Crippen molar-refractivity contribution in [2.75, 3.05) is 25.6 Å². The predicted molar refractivity (Wildman–Crippen MR) is 136 cm³/mol. The summed E-state index contributed by atoms with van der Waals surface area (Å²) in [6.07, 6.45) is 14.5. The van der Waals surface area contributed by atoms with Gasteiger partial charge in [-0.05, 0) is 32.1 Å². The first kappa shape index (κ1) is 31.3. The average Bonchev–Trinajstić information content (AvgIpc) is 3.27. The topological polar surface area (TPSA) is 107 Å². The maximum Gasteiger partial charge on any atom is 0.264 e. The van der Waals surface area contributed by atoms with E-state index in [9.17, 15) is 21.6 Å². The Labute approximate surface area is 208 Å². The van der Waals surface area contributed by atoms with Crippen molar-refractivity contribution in [3.8, 4) is 0 Å². The van der Waals surface area contributed by atoms with Gasteiger partial charge in [0.15, 0.2) is 0 Å². The van der Waals surface area contributed by atoms with Crippen molar-refractivity contribution >= 4 is 26.1 Å². The van der Waals surface area contributed by atoms with Crippen molar-refractivity contribution in [1.29, 1.82) is 0 Å². The molecule has 8 nitrogen and oxygen atoms in total. The maximum atomic E-state index is 12.1. The van der Waals surface area contributed by atoms with Gasteiger partial charge in [-0.2, -0.15) is 16.8 Å². The standard InChI is InChI=1S/C24H47NO7S2/c1-4-5-6-7-9-12-17-22(31-33(2,27)28)23(32-34(3,29)30)18-13-10-8-11-14-19-24(26)25-20-15-16-21-25/h22-23H,4-21H2,1-3H3/t22-,23+/m0/s1. The van der Waals surface area contributed by atoms with Crippen LogP contribution in [-0.2, 0) is 33.4 Å². The van der Waals surface area contributed by atoms with E-state index in [1.54, 1.807) is 0 Å². The summed E-state index contributed by atoms with van der Waals surface area (Å²) >= 11 is 0. The van der Waals surface area contributed by atoms with Crippen LogP contribution >= 0.6 is 0 Å². The van der Waals surface area contributed by atoms with E-state index in [-0.39, 0.29) is 5.91 Å². The van der Waals surface area contributed by atoms with E-state index in [0.29, 0.717) is 25.7 Å². The highest BCUT2D eigenvalue weighted by atomic mass is 32.2. The molecule has 0 radical (unpaired) electrons. The molecule has 0 aromatic carbocycles. The number of hydrogen-bond donors (Lipinski definition) is 0. The smallest absolute Gasteiger partial charge is 0.264 e. The highest BCUT2D eigenvalue weighted by Gasteiger charge is 2.29. The molecular formula is C24H47NO7S2. The fourth-order valence-electron chi connectivity index (χ4n) is 4.44. The van der Waals surface area contributed by atoms with Gasteiger partial charge in [-0.1, -0.05) is 71.1 Å². The molecule has 0 aromatic rings. The number of likely N-dealkylation sites (tertiary alicyclic amines) is 1. The molecule has 1 aliphatic heterocycles. The third kappa shape index (κ3) is 16.1. The summed E-state index contributed by atoms with van der Waals surface area (Å²) in [5, 5.41) is 0. The molecule has 0 aliphatic carbocycles. The maximum absolute atomic E-state index is 12.1. The van der Waals surface area contributed by atoms with Crippen LogP contribution in [0.15, 0.2) is 0 Å². The fourth-order valence-corrected chi connectivity index (χ4v) is 5.78. The van der Waals surface area contributed by atoms with Crippen LogP contribution in [0.25, 0.3) is 0 Å². The number of hydrogen-bond acceptors (Lipinski definition) is 7. The van der Waals surface area contributed by atoms with Gasteiger partial charge in [0.25, 0.3) is 20.2 Å². The highest BCUT2D eigenvalue weighted by molar-refractivity contribution is 7.86. The van der Waals surface area contributed by atoms with Crippen molar-refractivity contribution in [3.63, 3.8) is 0 Å². The first-order valence-electron chi connectivity index (χ1n) is 13.1. The summed E-state index contributed by atoms with van der Waals surface area (Å²) in [6.45, 7) is 3.92. The Hall–Kier alpha value is -0.710. The van der Waals surface area contributed by atoms with Gasteiger partial charge in [0.05, 0.1) is 12.5 Å². The van der Waals surface area contributed by atoms with Gasteiger partial charge < -0.3 is 4.90 Å². The van der Waals surface area contributed by atoms with Crippen molar-refractivity contribution in [1.82, 2.24) is 4.90 Å². The molecule has 0 spiro atoms. The lowest BCUT2D eigenvalue weighted by Crippen LogP contribution is -2.35. The van der Waals surface area contributed by atoms with E-state index >= 15 is 0 Å². The van der Waals surface area contributed by atoms with Crippen molar-refractivity contribution in [2.24, 2.45) is 0 Å². The van der Waals surface area contributed by atoms with Crippen LogP contribution in [0.5, 0.6) is 0 Å². The highest BCUT2D eigenvalue weighted by Crippen LogP contribution is 2.23. The lowest BCUT2D eigenvalue weighted by atomic mass is 9.99. The molecule has 2 atom stereocenters. The molecular weight excluding hydrogens is 478 g/mol. The number of rotatable bonds is 20. The Morgan fingerprint density at radius 1 is 0.706 bits per heavy atom. The summed E-state index contributed by atoms with van der Waals surface area (Å²) in [4.78, 5) is 14.0. The van der Waals surface area contributed by atoms with Crippen LogP contribution in [-0.4, -0.2) is 65.5 Å². The van der Waals surface area contributed by atoms with Gasteiger partial charge in [-0.25, -0.2) is 0 Å². The summed E-state index contributed by atoms with van der Waals surface area (Å²) < 4.78 is 57.9. The Kier molecular flexibility index (Phi) is 15.5. The Balaban J connectivity index is 2.48. The summed E-state index contributed by atoms with van der Waals surface area (Å²) in [6, 6.07) is 0. The number of nitrogens with zero attached hydrogens (tertiary/aromatic N) is 1. The van der Waals surface area contributed by atoms with Crippen LogP contribution in [0.2, 0.25) is 0 Å². The molecule has 1 rings (SSSR count). The Bertz CT molecular complexity index is 762. The predicted octanol–water partition coefficient (Wildman–Crippen LogP) is 4.78. The van der Waals surface area contributed by atoms with Crippen molar-refractivity contribution < 1.29 is 30.0 Å². The van der Waals surface area contributed by atoms with Gasteiger partial charge in [0.2, 0.25) is 5.91 Å². The van der Waals surface area contributed by atoms with Crippen LogP contribution in [0.3, 0.4) is 0 Å². The fraction of sp³-hybridized carbons (Fsp3) is 0.958. The lowest BCUT2D eigenvalue weighted by molar-refractivity contribution is -0.130. The van der Waals surface area contributed by atoms with E-state index in [2.05, 4.69) is 6.92 Å². The van der Waals surface area contributed by atoms with Gasteiger partial charge in [0.1, 0.15) is 12.2 Å². The molecule has 1 aliphatic rings. The second kappa shape index (κ2) is 16.9. The zero-order valence-electron chi connectivity index (χ0n) is 21.5. The average molecular weight is 526 g/mol. The molecule has 1 amide bonds. The number of amides is 1. The van der Waals surface area contributed by atoms with Crippen molar-refractivity contribution in [3.05, 3.63) is 0 Å². The molecule has 0 unspecified atom stereocenters. The SMILES string of the molecule is CCCCCCCC[C@H](OS(C)(=O)=O)[C@@H](CCCCCCCC(=O)N1CCCC1)OS(C)(=O)=O. The summed E-state index contributed by atoms with van der Waals surface area (Å²) in [7, 11) is -7.50. The molecule has 34 heavy (non-hydrogen) atoms. The van der Waals surface area contributed by atoms with Gasteiger partial charge in [-0.15, -0.1) is 0 Å². The molecule has 0 saturated carbocycles. The molecule has 202 valence electrons. The van der Waals surface area contributed by atoms with Crippen LogP contribution < -0.4 is 0 Å². The minimum atomic E-state index is -3.75. The quantitative estimate of drug-likeness (QED) is 0.166. The van der Waals surface area contributed by atoms with E-state index < -0.39 is 32.4 Å². The summed E-state index contributed by atoms with van der Waals surface area (Å²) in [5.41, 5.74) is 0. The second-order valence-electron chi connectivity index (χ2n) is 9.63. The Morgan fingerprint density at radius 2 is 1.12 bits per heavy atom. The van der Waals surface area contributed by atoms with E-state index in [1.165, 1.54) is 6.42 Å². The lowest BCUT2D eigenvalue weighted by Gasteiger charge is -2.25. The zero-order valence-corrected chi connectivity index (χ0v) is 23.1. The van der Waals surface area contributed by atoms with Gasteiger partial charge in [-0.3, -0.25) is 13.2 Å². The van der Waals surface area contributed by atoms with Crippen LogP contribution in [0, 0.1) is 0 Å². The van der Waals surface area contributed by atoms with E-state index in [1.807, 2.05) is 4.90 Å². The second-order valence-corrected chi connectivity index (χ2v) is 12.8. The molecule has 0 N–H and O–H groups in total. The minimum absolute atomic E-state index is 0.245. The third-order valence-electron chi connectivity index (χ3n) is 6.19. The monoisotopic (exact) mass is 525 g/mol. The van der Waals surface area contributed by atoms with E-state index in [4.69, 9.17) is 8.37 Å². The Morgan fingerprint density at radius 3 is 1.56 bits per heavy atom. The van der Waals surface area contributed by atoms with Crippen LogP contribution in [0.1, 0.15) is 110 Å². The first-order chi connectivity index (χ1) is 16.0. The van der Waals surface area contributed by atoms with E-state index in [0.717, 1.165) is 96.2 Å².